The van der Waals surface area contributed by atoms with E-state index in [-0.39, 0.29) is 0 Å². The van der Waals surface area contributed by atoms with Crippen molar-refractivity contribution >= 4 is 5.97 Å². The van der Waals surface area contributed by atoms with Crippen LogP contribution in [0.3, 0.4) is 0 Å². The fourth-order valence-electron chi connectivity index (χ4n) is 6.06. The van der Waals surface area contributed by atoms with E-state index in [2.05, 4.69) is 38.2 Å². The molecule has 0 radical (unpaired) electrons. The van der Waals surface area contributed by atoms with Crippen LogP contribution in [0.4, 0.5) is 0 Å². The summed E-state index contributed by atoms with van der Waals surface area (Å²) >= 11 is 0. The smallest absolute Gasteiger partial charge is 0.303 e. The van der Waals surface area contributed by atoms with E-state index < -0.39 is 5.97 Å². The average Bonchev–Trinajstić information content (AvgIpc) is 2.98. The molecule has 0 aromatic heterocycles. The zero-order valence-electron chi connectivity index (χ0n) is 28.9. The maximum atomic E-state index is 10.5. The van der Waals surface area contributed by atoms with Crippen molar-refractivity contribution in [3.8, 4) is 0 Å². The molecule has 0 aromatic carbocycles. The first kappa shape index (κ1) is 41.0. The molecule has 0 saturated heterocycles. The highest BCUT2D eigenvalue weighted by Crippen LogP contribution is 2.19. The molecule has 1 unspecified atom stereocenters. The number of carbonyl (C=O) groups is 1. The molecule has 0 aliphatic rings. The Bertz CT molecular complexity index is 578. The minimum absolute atomic E-state index is 0.327. The third-order valence-corrected chi connectivity index (χ3v) is 8.94. The van der Waals surface area contributed by atoms with Crippen LogP contribution in [0, 0.1) is 5.92 Å². The molecular formula is C40H76O2. The summed E-state index contributed by atoms with van der Waals surface area (Å²) in [6.45, 7) is 4.61. The molecule has 0 aliphatic carbocycles. The topological polar surface area (TPSA) is 37.3 Å². The summed E-state index contributed by atoms with van der Waals surface area (Å²) in [6, 6.07) is 0. The molecular weight excluding hydrogens is 512 g/mol. The number of rotatable bonds is 35. The van der Waals surface area contributed by atoms with Gasteiger partial charge in [-0.3, -0.25) is 4.79 Å². The molecule has 0 rings (SSSR count). The zero-order chi connectivity index (χ0) is 30.6. The van der Waals surface area contributed by atoms with Gasteiger partial charge in [-0.15, -0.1) is 0 Å². The maximum absolute atomic E-state index is 10.5. The molecule has 0 saturated carbocycles. The van der Waals surface area contributed by atoms with Gasteiger partial charge in [0, 0.05) is 6.42 Å². The molecule has 42 heavy (non-hydrogen) atoms. The standard InChI is InChI=1S/C40H76O2/c1-3-5-7-8-9-10-11-12-13-14-15-16-17-18-19-20-22-25-28-32-36-39(35-31-6-4-2)37-33-29-26-23-21-24-27-30-34-38-40(41)42/h26,29,32,36,39H,3-25,27-28,30-31,33-35,37-38H2,1-2H3,(H,41,42)/b29-26-,36-32?. The van der Waals surface area contributed by atoms with E-state index in [4.69, 9.17) is 5.11 Å². The third-order valence-electron chi connectivity index (χ3n) is 8.94. The van der Waals surface area contributed by atoms with Gasteiger partial charge in [-0.25, -0.2) is 0 Å². The van der Waals surface area contributed by atoms with Crippen LogP contribution in [0.25, 0.3) is 0 Å². The predicted molar refractivity (Wildman–Crippen MR) is 188 cm³/mol. The molecule has 0 aromatic rings. The molecule has 0 fully saturated rings. The first-order valence-electron chi connectivity index (χ1n) is 19.2. The van der Waals surface area contributed by atoms with Gasteiger partial charge < -0.3 is 5.11 Å². The first-order chi connectivity index (χ1) is 20.7. The molecule has 248 valence electrons. The van der Waals surface area contributed by atoms with Crippen LogP contribution in [0.1, 0.15) is 219 Å². The Hall–Kier alpha value is -1.05. The van der Waals surface area contributed by atoms with E-state index in [1.807, 2.05) is 0 Å². The number of carboxylic acid groups (broad SMARTS) is 1. The Balaban J connectivity index is 3.64. The number of hydrogen-bond donors (Lipinski definition) is 1. The Labute approximate surface area is 265 Å². The zero-order valence-corrected chi connectivity index (χ0v) is 28.9. The summed E-state index contributed by atoms with van der Waals surface area (Å²) in [5.41, 5.74) is 0. The van der Waals surface area contributed by atoms with Gasteiger partial charge >= 0.3 is 5.97 Å². The number of unbranched alkanes of at least 4 members (excludes halogenated alkanes) is 25. The minimum Gasteiger partial charge on any atom is -0.481 e. The summed E-state index contributed by atoms with van der Waals surface area (Å²) < 4.78 is 0. The highest BCUT2D eigenvalue weighted by molar-refractivity contribution is 5.66. The fourth-order valence-corrected chi connectivity index (χ4v) is 6.06. The Morgan fingerprint density at radius 3 is 1.31 bits per heavy atom. The number of allylic oxidation sites excluding steroid dienone is 4. The van der Waals surface area contributed by atoms with E-state index in [0.717, 1.165) is 18.8 Å². The van der Waals surface area contributed by atoms with E-state index >= 15 is 0 Å². The monoisotopic (exact) mass is 589 g/mol. The molecule has 0 aliphatic heterocycles. The second kappa shape index (κ2) is 36.1. The molecule has 1 N–H and O–H groups in total. The van der Waals surface area contributed by atoms with Gasteiger partial charge in [0.25, 0.3) is 0 Å². The van der Waals surface area contributed by atoms with E-state index in [0.29, 0.717) is 6.42 Å². The van der Waals surface area contributed by atoms with Gasteiger partial charge in [0.15, 0.2) is 0 Å². The van der Waals surface area contributed by atoms with Gasteiger partial charge in [0.05, 0.1) is 0 Å². The van der Waals surface area contributed by atoms with Gasteiger partial charge in [0.2, 0.25) is 0 Å². The summed E-state index contributed by atoms with van der Waals surface area (Å²) in [4.78, 5) is 10.5. The third kappa shape index (κ3) is 35.1. The van der Waals surface area contributed by atoms with Crippen LogP contribution in [-0.2, 0) is 4.79 Å². The lowest BCUT2D eigenvalue weighted by Crippen LogP contribution is -1.96. The van der Waals surface area contributed by atoms with Crippen LogP contribution >= 0.6 is 0 Å². The lowest BCUT2D eigenvalue weighted by Gasteiger charge is -2.11. The van der Waals surface area contributed by atoms with Crippen molar-refractivity contribution in [2.45, 2.75) is 219 Å². The van der Waals surface area contributed by atoms with Crippen LogP contribution in [-0.4, -0.2) is 11.1 Å². The summed E-state index contributed by atoms with van der Waals surface area (Å²) in [5, 5.41) is 8.69. The number of carboxylic acids is 1. The Kier molecular flexibility index (Phi) is 35.2. The highest BCUT2D eigenvalue weighted by Gasteiger charge is 2.04. The first-order valence-corrected chi connectivity index (χ1v) is 19.2. The van der Waals surface area contributed by atoms with E-state index in [1.54, 1.807) is 0 Å². The van der Waals surface area contributed by atoms with Crippen molar-refractivity contribution in [2.24, 2.45) is 5.92 Å². The summed E-state index contributed by atoms with van der Waals surface area (Å²) in [7, 11) is 0. The largest absolute Gasteiger partial charge is 0.481 e. The van der Waals surface area contributed by atoms with Gasteiger partial charge in [0.1, 0.15) is 0 Å². The van der Waals surface area contributed by atoms with Crippen LogP contribution in [0.15, 0.2) is 24.3 Å². The molecule has 0 heterocycles. The van der Waals surface area contributed by atoms with Crippen LogP contribution < -0.4 is 0 Å². The lowest BCUT2D eigenvalue weighted by atomic mass is 9.95. The van der Waals surface area contributed by atoms with Gasteiger partial charge in [-0.2, -0.15) is 0 Å². The van der Waals surface area contributed by atoms with Gasteiger partial charge in [-0.05, 0) is 57.3 Å². The van der Waals surface area contributed by atoms with Crippen LogP contribution in [0.2, 0.25) is 0 Å². The Morgan fingerprint density at radius 1 is 0.452 bits per heavy atom. The molecule has 0 bridgehead atoms. The van der Waals surface area contributed by atoms with Crippen molar-refractivity contribution in [1.29, 1.82) is 0 Å². The normalized spacial score (nSPS) is 12.6. The predicted octanol–water partition coefficient (Wildman–Crippen LogP) is 14.3. The van der Waals surface area contributed by atoms with E-state index in [1.165, 1.54) is 186 Å². The van der Waals surface area contributed by atoms with Crippen molar-refractivity contribution in [1.82, 2.24) is 0 Å². The molecule has 0 amide bonds. The van der Waals surface area contributed by atoms with Crippen molar-refractivity contribution in [3.63, 3.8) is 0 Å². The fraction of sp³-hybridized carbons (Fsp3) is 0.875. The van der Waals surface area contributed by atoms with Crippen molar-refractivity contribution in [3.05, 3.63) is 24.3 Å². The SMILES string of the molecule is CCCCCCCCCCCCCCCCCCCCC=CC(CC/C=C\CCCCCCCC(=O)O)CCCCC. The average molecular weight is 589 g/mol. The van der Waals surface area contributed by atoms with Crippen molar-refractivity contribution in [2.75, 3.05) is 0 Å². The Morgan fingerprint density at radius 2 is 0.833 bits per heavy atom. The quantitative estimate of drug-likeness (QED) is 0.0590. The molecule has 2 nitrogen and oxygen atoms in total. The molecule has 0 spiro atoms. The molecule has 2 heteroatoms. The summed E-state index contributed by atoms with van der Waals surface area (Å²) in [5.74, 6) is 0.0948. The van der Waals surface area contributed by atoms with Crippen molar-refractivity contribution < 1.29 is 9.90 Å². The van der Waals surface area contributed by atoms with Crippen LogP contribution in [0.5, 0.6) is 0 Å². The number of aliphatic carboxylic acids is 1. The lowest BCUT2D eigenvalue weighted by molar-refractivity contribution is -0.137. The highest BCUT2D eigenvalue weighted by atomic mass is 16.4. The van der Waals surface area contributed by atoms with Gasteiger partial charge in [-0.1, -0.05) is 186 Å². The number of hydrogen-bond acceptors (Lipinski definition) is 1. The van der Waals surface area contributed by atoms with E-state index in [9.17, 15) is 4.79 Å². The maximum Gasteiger partial charge on any atom is 0.303 e. The molecule has 1 atom stereocenters. The minimum atomic E-state index is -0.661. The second-order valence-electron chi connectivity index (χ2n) is 13.2. The summed E-state index contributed by atoms with van der Waals surface area (Å²) in [6.07, 6.45) is 52.1. The second-order valence-corrected chi connectivity index (χ2v) is 13.2.